The Balaban J connectivity index is 1.41. The minimum atomic E-state index is -0.309. The van der Waals surface area contributed by atoms with E-state index in [0.717, 1.165) is 56.6 Å². The van der Waals surface area contributed by atoms with Gasteiger partial charge in [-0.3, -0.25) is 9.36 Å². The van der Waals surface area contributed by atoms with Crippen molar-refractivity contribution in [3.63, 3.8) is 0 Å². The summed E-state index contributed by atoms with van der Waals surface area (Å²) >= 11 is 11.8. The molecule has 192 valence electrons. The lowest BCUT2D eigenvalue weighted by Crippen LogP contribution is -2.38. The highest BCUT2D eigenvalue weighted by Crippen LogP contribution is 2.42. The molecular weight excluding hydrogens is 592 g/mol. The van der Waals surface area contributed by atoms with Crippen LogP contribution in [-0.4, -0.2) is 4.57 Å². The third kappa shape index (κ3) is 4.18. The van der Waals surface area contributed by atoms with E-state index in [-0.39, 0.29) is 11.6 Å². The summed E-state index contributed by atoms with van der Waals surface area (Å²) in [4.78, 5) is 19.7. The molecule has 0 unspecified atom stereocenters. The van der Waals surface area contributed by atoms with Crippen LogP contribution < -0.4 is 14.9 Å². The van der Waals surface area contributed by atoms with Crippen LogP contribution >= 0.6 is 38.9 Å². The van der Waals surface area contributed by atoms with Crippen molar-refractivity contribution in [2.24, 2.45) is 4.99 Å². The van der Waals surface area contributed by atoms with Crippen LogP contribution in [0.5, 0.6) is 0 Å². The Bertz CT molecular complexity index is 2000. The summed E-state index contributed by atoms with van der Waals surface area (Å²) in [6, 6.07) is 25.9. The highest BCUT2D eigenvalue weighted by atomic mass is 79.9. The second-order valence-electron chi connectivity index (χ2n) is 9.82. The number of rotatable bonds is 3. The molecule has 5 aromatic rings. The van der Waals surface area contributed by atoms with Crippen molar-refractivity contribution in [1.29, 1.82) is 0 Å². The van der Waals surface area contributed by atoms with Crippen molar-refractivity contribution in [2.45, 2.75) is 25.8 Å². The van der Waals surface area contributed by atoms with Crippen LogP contribution in [0.4, 0.5) is 0 Å². The van der Waals surface area contributed by atoms with Crippen LogP contribution in [0.1, 0.15) is 40.5 Å². The normalized spacial score (nSPS) is 16.5. The van der Waals surface area contributed by atoms with Crippen LogP contribution in [0.3, 0.4) is 0 Å². The molecule has 1 aliphatic carbocycles. The molecule has 7 heteroatoms. The van der Waals surface area contributed by atoms with Gasteiger partial charge in [-0.2, -0.15) is 0 Å². The van der Waals surface area contributed by atoms with Crippen LogP contribution in [0.25, 0.3) is 23.1 Å². The number of furan rings is 1. The maximum absolute atomic E-state index is 14.0. The number of halogens is 2. The first-order valence-electron chi connectivity index (χ1n) is 12.7. The van der Waals surface area contributed by atoms with E-state index >= 15 is 0 Å². The van der Waals surface area contributed by atoms with Gasteiger partial charge in [0.05, 0.1) is 16.3 Å². The molecule has 2 aromatic heterocycles. The van der Waals surface area contributed by atoms with Crippen molar-refractivity contribution < 1.29 is 4.42 Å². The molecule has 1 aliphatic heterocycles. The third-order valence-electron chi connectivity index (χ3n) is 7.36. The number of nitrogens with zero attached hydrogens (tertiary/aromatic N) is 2. The fraction of sp³-hybridized carbons (Fsp3) is 0.125. The average Bonchev–Trinajstić information content (AvgIpc) is 3.52. The summed E-state index contributed by atoms with van der Waals surface area (Å²) in [6.45, 7) is 2.05. The predicted octanol–water partition coefficient (Wildman–Crippen LogP) is 7.30. The van der Waals surface area contributed by atoms with Gasteiger partial charge >= 0.3 is 0 Å². The van der Waals surface area contributed by atoms with Crippen LogP contribution in [-0.2, 0) is 6.42 Å². The van der Waals surface area contributed by atoms with Crippen molar-refractivity contribution >= 4 is 50.6 Å². The predicted molar refractivity (Wildman–Crippen MR) is 161 cm³/mol. The Labute approximate surface area is 242 Å². The topological polar surface area (TPSA) is 47.5 Å². The Kier molecular flexibility index (Phi) is 6.07. The molecule has 39 heavy (non-hydrogen) atoms. The monoisotopic (exact) mass is 612 g/mol. The number of aryl methyl sites for hydroxylation is 2. The van der Waals surface area contributed by atoms with Crippen LogP contribution in [0, 0.1) is 6.92 Å². The quantitative estimate of drug-likeness (QED) is 0.214. The summed E-state index contributed by atoms with van der Waals surface area (Å²) in [5, 5.41) is 0.643. The number of hydrogen-bond acceptors (Lipinski definition) is 4. The lowest BCUT2D eigenvalue weighted by Gasteiger charge is -2.31. The lowest BCUT2D eigenvalue weighted by atomic mass is 9.83. The average molecular weight is 614 g/mol. The second kappa shape index (κ2) is 9.63. The van der Waals surface area contributed by atoms with Gasteiger partial charge in [0.1, 0.15) is 11.5 Å². The molecule has 3 heterocycles. The van der Waals surface area contributed by atoms with Gasteiger partial charge in [-0.25, -0.2) is 4.99 Å². The zero-order chi connectivity index (χ0) is 26.7. The van der Waals surface area contributed by atoms with E-state index in [0.29, 0.717) is 20.1 Å². The fourth-order valence-electron chi connectivity index (χ4n) is 5.52. The first-order valence-corrected chi connectivity index (χ1v) is 14.7. The largest absolute Gasteiger partial charge is 0.457 e. The molecule has 7 rings (SSSR count). The highest BCUT2D eigenvalue weighted by Gasteiger charge is 2.33. The van der Waals surface area contributed by atoms with Gasteiger partial charge < -0.3 is 4.42 Å². The molecular formula is C32H22BrClN2O2S. The fourth-order valence-corrected chi connectivity index (χ4v) is 7.43. The van der Waals surface area contributed by atoms with Crippen LogP contribution in [0.2, 0.25) is 5.02 Å². The van der Waals surface area contributed by atoms with Gasteiger partial charge in [-0.1, -0.05) is 87.4 Å². The Hall–Kier alpha value is -3.45. The highest BCUT2D eigenvalue weighted by molar-refractivity contribution is 9.10. The smallest absolute Gasteiger partial charge is 0.271 e. The zero-order valence-corrected chi connectivity index (χ0v) is 24.1. The molecule has 0 fully saturated rings. The van der Waals surface area contributed by atoms with Gasteiger partial charge in [-0.05, 0) is 72.4 Å². The van der Waals surface area contributed by atoms with Crippen molar-refractivity contribution in [2.75, 3.05) is 0 Å². The van der Waals surface area contributed by atoms with E-state index in [1.54, 1.807) is 0 Å². The lowest BCUT2D eigenvalue weighted by molar-refractivity contribution is 0.570. The standard InChI is InChI=1S/C32H22BrClN2O2S/c1-18-10-13-22(25(33)16-18)27-15-12-20(38-27)17-28-31(37)36-30(23-8-4-5-9-26(23)34)24-14-11-19-6-2-3-7-21(19)29(24)35-32(36)39-28/h2-10,12-13,15-17,30H,11,14H2,1H3/b28-17-/t30-/m1/s1. The molecule has 0 radical (unpaired) electrons. The summed E-state index contributed by atoms with van der Waals surface area (Å²) < 4.78 is 9.51. The number of allylic oxidation sites excluding steroid dienone is 1. The molecule has 3 aromatic carbocycles. The summed E-state index contributed by atoms with van der Waals surface area (Å²) in [6.07, 6.45) is 3.54. The summed E-state index contributed by atoms with van der Waals surface area (Å²) in [5.74, 6) is 1.35. The number of thiazole rings is 1. The first kappa shape index (κ1) is 24.6. The second-order valence-corrected chi connectivity index (χ2v) is 12.1. The van der Waals surface area contributed by atoms with E-state index < -0.39 is 0 Å². The zero-order valence-electron chi connectivity index (χ0n) is 20.9. The van der Waals surface area contributed by atoms with E-state index in [2.05, 4.69) is 46.3 Å². The molecule has 0 N–H and O–H groups in total. The SMILES string of the molecule is Cc1ccc(-c2ccc(/C=c3\sc4n(c3=O)[C@H](c3ccccc3Cl)C3=C(N=4)c4ccccc4CC3)o2)c(Br)c1. The Morgan fingerprint density at radius 2 is 1.85 bits per heavy atom. The molecule has 0 amide bonds. The minimum Gasteiger partial charge on any atom is -0.457 e. The third-order valence-corrected chi connectivity index (χ3v) is 9.35. The van der Waals surface area contributed by atoms with Crippen molar-refractivity contribution in [3.05, 3.63) is 142 Å². The molecule has 0 bridgehead atoms. The van der Waals surface area contributed by atoms with E-state index in [4.69, 9.17) is 21.0 Å². The number of fused-ring (bicyclic) bond motifs is 3. The number of hydrogen-bond donors (Lipinski definition) is 0. The van der Waals surface area contributed by atoms with E-state index in [1.165, 1.54) is 16.9 Å². The molecule has 2 aliphatic rings. The van der Waals surface area contributed by atoms with Gasteiger partial charge in [-0.15, -0.1) is 0 Å². The number of aromatic nitrogens is 1. The summed E-state index contributed by atoms with van der Waals surface area (Å²) in [5.41, 5.74) is 7.45. The maximum Gasteiger partial charge on any atom is 0.271 e. The van der Waals surface area contributed by atoms with Gasteiger partial charge in [0.15, 0.2) is 4.80 Å². The van der Waals surface area contributed by atoms with Crippen LogP contribution in [0.15, 0.2) is 103 Å². The maximum atomic E-state index is 14.0. The first-order chi connectivity index (χ1) is 19.0. The molecule has 1 atom stereocenters. The number of benzene rings is 3. The Morgan fingerprint density at radius 3 is 2.69 bits per heavy atom. The van der Waals surface area contributed by atoms with E-state index in [1.807, 2.05) is 66.1 Å². The van der Waals surface area contributed by atoms with Crippen molar-refractivity contribution in [1.82, 2.24) is 4.57 Å². The molecule has 0 saturated carbocycles. The van der Waals surface area contributed by atoms with E-state index in [9.17, 15) is 4.79 Å². The molecule has 0 saturated heterocycles. The summed E-state index contributed by atoms with van der Waals surface area (Å²) in [7, 11) is 0. The minimum absolute atomic E-state index is 0.0939. The van der Waals surface area contributed by atoms with Gasteiger partial charge in [0.25, 0.3) is 5.56 Å². The Morgan fingerprint density at radius 1 is 1.03 bits per heavy atom. The molecule has 0 spiro atoms. The van der Waals surface area contributed by atoms with Gasteiger partial charge in [0.2, 0.25) is 0 Å². The van der Waals surface area contributed by atoms with Gasteiger partial charge in [0, 0.05) is 26.7 Å². The van der Waals surface area contributed by atoms with Crippen molar-refractivity contribution in [3.8, 4) is 11.3 Å². The molecule has 4 nitrogen and oxygen atoms in total.